The number of guanidine groups is 1. The highest BCUT2D eigenvalue weighted by atomic mass is 19.1. The minimum atomic E-state index is -0.648. The largest absolute Gasteiger partial charge is 0.505 e. The van der Waals surface area contributed by atoms with Crippen molar-refractivity contribution < 1.29 is 13.9 Å². The normalized spacial score (nSPS) is 17.5. The van der Waals surface area contributed by atoms with Crippen LogP contribution in [0, 0.1) is 18.6 Å². The molecule has 0 aromatic heterocycles. The second-order valence-corrected chi connectivity index (χ2v) is 7.10. The lowest BCUT2D eigenvalue weighted by atomic mass is 10.0. The Labute approximate surface area is 164 Å². The number of piperidine rings is 1. The van der Waals surface area contributed by atoms with Crippen molar-refractivity contribution >= 4 is 11.6 Å². The topological polar surface area (TPSA) is 59.9 Å². The first kappa shape index (κ1) is 19.9. The van der Waals surface area contributed by atoms with Crippen molar-refractivity contribution in [3.63, 3.8) is 0 Å². The molecule has 2 aromatic rings. The summed E-state index contributed by atoms with van der Waals surface area (Å²) >= 11 is 0. The van der Waals surface area contributed by atoms with Crippen molar-refractivity contribution in [1.82, 2.24) is 10.6 Å². The summed E-state index contributed by atoms with van der Waals surface area (Å²) in [6.45, 7) is 3.83. The van der Waals surface area contributed by atoms with Crippen LogP contribution < -0.4 is 15.5 Å². The van der Waals surface area contributed by atoms with Gasteiger partial charge in [0.25, 0.3) is 0 Å². The summed E-state index contributed by atoms with van der Waals surface area (Å²) in [7, 11) is 1.67. The van der Waals surface area contributed by atoms with Gasteiger partial charge in [-0.1, -0.05) is 12.1 Å². The molecular weight excluding hydrogens is 362 g/mol. The van der Waals surface area contributed by atoms with E-state index in [1.807, 2.05) is 13.0 Å². The average molecular weight is 388 g/mol. The van der Waals surface area contributed by atoms with Crippen LogP contribution in [0.3, 0.4) is 0 Å². The van der Waals surface area contributed by atoms with Crippen molar-refractivity contribution in [2.24, 2.45) is 4.99 Å². The zero-order valence-electron chi connectivity index (χ0n) is 16.2. The van der Waals surface area contributed by atoms with E-state index >= 15 is 0 Å². The summed E-state index contributed by atoms with van der Waals surface area (Å²) in [5, 5.41) is 15.8. The van der Waals surface area contributed by atoms with Gasteiger partial charge in [-0.2, -0.15) is 0 Å². The quantitative estimate of drug-likeness (QED) is 0.556. The van der Waals surface area contributed by atoms with E-state index in [1.165, 1.54) is 18.2 Å². The molecule has 0 radical (unpaired) electrons. The van der Waals surface area contributed by atoms with Crippen LogP contribution >= 0.6 is 0 Å². The average Bonchev–Trinajstić information content (AvgIpc) is 2.69. The number of aromatic hydroxyl groups is 1. The second-order valence-electron chi connectivity index (χ2n) is 7.10. The molecule has 28 heavy (non-hydrogen) atoms. The first-order chi connectivity index (χ1) is 13.5. The van der Waals surface area contributed by atoms with E-state index in [-0.39, 0.29) is 17.6 Å². The molecule has 0 bridgehead atoms. The maximum absolute atomic E-state index is 14.2. The Balaban J connectivity index is 1.59. The molecule has 7 heteroatoms. The Hall–Kier alpha value is -2.83. The van der Waals surface area contributed by atoms with E-state index in [0.717, 1.165) is 24.9 Å². The summed E-state index contributed by atoms with van der Waals surface area (Å²) in [5.41, 5.74) is 2.37. The lowest BCUT2D eigenvalue weighted by Gasteiger charge is -2.35. The summed E-state index contributed by atoms with van der Waals surface area (Å²) in [5.74, 6) is -0.615. The number of aryl methyl sites for hydroxylation is 1. The van der Waals surface area contributed by atoms with Gasteiger partial charge >= 0.3 is 0 Å². The summed E-state index contributed by atoms with van der Waals surface area (Å²) in [6, 6.07) is 9.56. The van der Waals surface area contributed by atoms with Gasteiger partial charge in [-0.05, 0) is 55.2 Å². The van der Waals surface area contributed by atoms with Gasteiger partial charge in [-0.25, -0.2) is 8.78 Å². The van der Waals surface area contributed by atoms with Crippen molar-refractivity contribution in [3.05, 3.63) is 59.2 Å². The van der Waals surface area contributed by atoms with E-state index in [2.05, 4.69) is 20.5 Å². The number of hydrogen-bond acceptors (Lipinski definition) is 3. The molecule has 0 saturated carbocycles. The number of halogens is 2. The Kier molecular flexibility index (Phi) is 6.34. The molecule has 150 valence electrons. The number of aliphatic imine (C=N–C) groups is 1. The van der Waals surface area contributed by atoms with Crippen LogP contribution in [0.25, 0.3) is 0 Å². The van der Waals surface area contributed by atoms with E-state index in [1.54, 1.807) is 19.2 Å². The molecule has 1 atom stereocenters. The van der Waals surface area contributed by atoms with E-state index < -0.39 is 5.82 Å². The molecule has 1 aliphatic rings. The highest BCUT2D eigenvalue weighted by Crippen LogP contribution is 2.24. The number of anilines is 1. The molecule has 1 aliphatic heterocycles. The van der Waals surface area contributed by atoms with Gasteiger partial charge in [0.05, 0.1) is 5.69 Å². The lowest BCUT2D eigenvalue weighted by molar-refractivity contribution is 0.431. The standard InChI is InChI=1S/C21H26F2N4O/c1-14-5-7-17(22)19(10-14)27-9-3-4-16(13-27)26-21(24-2)25-12-15-6-8-20(28)18(23)11-15/h5-8,10-11,16,28H,3-4,9,12-13H2,1-2H3,(H2,24,25,26). The third kappa shape index (κ3) is 4.91. The Morgan fingerprint density at radius 1 is 1.21 bits per heavy atom. The monoisotopic (exact) mass is 388 g/mol. The van der Waals surface area contributed by atoms with Crippen molar-refractivity contribution in [1.29, 1.82) is 0 Å². The van der Waals surface area contributed by atoms with E-state index in [9.17, 15) is 13.9 Å². The van der Waals surface area contributed by atoms with Gasteiger partial charge in [0.15, 0.2) is 17.5 Å². The first-order valence-corrected chi connectivity index (χ1v) is 9.42. The van der Waals surface area contributed by atoms with E-state index in [4.69, 9.17) is 0 Å². The molecule has 0 amide bonds. The molecule has 0 aliphatic carbocycles. The lowest BCUT2D eigenvalue weighted by Crippen LogP contribution is -2.51. The van der Waals surface area contributed by atoms with Crippen molar-refractivity contribution in [3.8, 4) is 5.75 Å². The minimum Gasteiger partial charge on any atom is -0.505 e. The number of benzene rings is 2. The summed E-state index contributed by atoms with van der Waals surface area (Å²) in [4.78, 5) is 6.29. The smallest absolute Gasteiger partial charge is 0.191 e. The molecular formula is C21H26F2N4O. The maximum Gasteiger partial charge on any atom is 0.191 e. The van der Waals surface area contributed by atoms with Gasteiger partial charge < -0.3 is 20.6 Å². The molecule has 1 saturated heterocycles. The number of nitrogens with one attached hydrogen (secondary N) is 2. The molecule has 1 unspecified atom stereocenters. The Bertz CT molecular complexity index is 856. The molecule has 1 heterocycles. The van der Waals surface area contributed by atoms with Crippen LogP contribution in [0.1, 0.15) is 24.0 Å². The fourth-order valence-corrected chi connectivity index (χ4v) is 3.41. The summed E-state index contributed by atoms with van der Waals surface area (Å²) in [6.07, 6.45) is 1.91. The SMILES string of the molecule is CN=C(NCc1ccc(O)c(F)c1)NC1CCCN(c2cc(C)ccc2F)C1. The van der Waals surface area contributed by atoms with Gasteiger partial charge in [0.1, 0.15) is 5.82 Å². The van der Waals surface area contributed by atoms with Gasteiger partial charge in [-0.15, -0.1) is 0 Å². The zero-order chi connectivity index (χ0) is 20.1. The molecule has 2 aromatic carbocycles. The number of phenols is 1. The van der Waals surface area contributed by atoms with Gasteiger partial charge in [0.2, 0.25) is 0 Å². The van der Waals surface area contributed by atoms with Crippen molar-refractivity contribution in [2.75, 3.05) is 25.0 Å². The zero-order valence-corrected chi connectivity index (χ0v) is 16.2. The highest BCUT2D eigenvalue weighted by molar-refractivity contribution is 5.80. The highest BCUT2D eigenvalue weighted by Gasteiger charge is 2.23. The minimum absolute atomic E-state index is 0.122. The fraction of sp³-hybridized carbons (Fsp3) is 0.381. The molecule has 5 nitrogen and oxygen atoms in total. The molecule has 1 fully saturated rings. The third-order valence-electron chi connectivity index (χ3n) is 4.90. The van der Waals surface area contributed by atoms with Crippen LogP contribution in [-0.4, -0.2) is 37.2 Å². The number of rotatable bonds is 4. The molecule has 0 spiro atoms. The Morgan fingerprint density at radius 2 is 2.04 bits per heavy atom. The first-order valence-electron chi connectivity index (χ1n) is 9.42. The Morgan fingerprint density at radius 3 is 2.79 bits per heavy atom. The van der Waals surface area contributed by atoms with Gasteiger partial charge in [0, 0.05) is 32.7 Å². The predicted octanol–water partition coefficient (Wildman–Crippen LogP) is 3.31. The summed E-state index contributed by atoms with van der Waals surface area (Å²) < 4.78 is 27.7. The third-order valence-corrected chi connectivity index (χ3v) is 4.90. The van der Waals surface area contributed by atoms with Crippen LogP contribution in [0.15, 0.2) is 41.4 Å². The fourth-order valence-electron chi connectivity index (χ4n) is 3.41. The number of nitrogens with zero attached hydrogens (tertiary/aromatic N) is 2. The van der Waals surface area contributed by atoms with Crippen LogP contribution in [-0.2, 0) is 6.54 Å². The van der Waals surface area contributed by atoms with Crippen LogP contribution in [0.2, 0.25) is 0 Å². The number of hydrogen-bond donors (Lipinski definition) is 3. The van der Waals surface area contributed by atoms with Crippen LogP contribution in [0.5, 0.6) is 5.75 Å². The van der Waals surface area contributed by atoms with Gasteiger partial charge in [-0.3, -0.25) is 4.99 Å². The van der Waals surface area contributed by atoms with Crippen LogP contribution in [0.4, 0.5) is 14.5 Å². The second kappa shape index (κ2) is 8.91. The molecule has 3 N–H and O–H groups in total. The van der Waals surface area contributed by atoms with E-state index in [0.29, 0.717) is 30.3 Å². The molecule has 3 rings (SSSR count). The van der Waals surface area contributed by atoms with Crippen molar-refractivity contribution in [2.45, 2.75) is 32.4 Å². The number of phenolic OH excluding ortho intramolecular Hbond substituents is 1. The maximum atomic E-state index is 14.2. The predicted molar refractivity (Wildman–Crippen MR) is 108 cm³/mol.